The average Bonchev–Trinajstić information content (AvgIpc) is 2.18. The number of hydrogen-bond acceptors (Lipinski definition) is 3. The molecule has 1 aromatic carbocycles. The fourth-order valence-electron chi connectivity index (χ4n) is 1.36. The predicted octanol–water partition coefficient (Wildman–Crippen LogP) is 2.68. The summed E-state index contributed by atoms with van der Waals surface area (Å²) >= 11 is 0. The van der Waals surface area contributed by atoms with E-state index in [1.165, 1.54) is 0 Å². The first kappa shape index (κ1) is 10.6. The van der Waals surface area contributed by atoms with Gasteiger partial charge >= 0.3 is 0 Å². The van der Waals surface area contributed by atoms with Gasteiger partial charge in [0.05, 0.1) is 5.71 Å². The Kier molecular flexibility index (Phi) is 3.51. The van der Waals surface area contributed by atoms with E-state index < -0.39 is 0 Å². The molecular formula is C11H15NO2. The van der Waals surface area contributed by atoms with Crippen LogP contribution >= 0.6 is 0 Å². The standard InChI is InChI=1S/C11H15NO2/c1-3-4-10(12-14)9-7-8(2)5-6-11(9)13/h5-7,13-14H,3-4H2,1-2H3/b12-10-. The Morgan fingerprint density at radius 3 is 2.71 bits per heavy atom. The van der Waals surface area contributed by atoms with Crippen LogP contribution in [0.15, 0.2) is 23.4 Å². The molecule has 0 heterocycles. The lowest BCUT2D eigenvalue weighted by Gasteiger charge is -2.06. The zero-order valence-electron chi connectivity index (χ0n) is 8.49. The molecule has 0 saturated carbocycles. The van der Waals surface area contributed by atoms with Crippen molar-refractivity contribution >= 4 is 5.71 Å². The highest BCUT2D eigenvalue weighted by atomic mass is 16.4. The third-order valence-corrected chi connectivity index (χ3v) is 2.07. The van der Waals surface area contributed by atoms with Crippen LogP contribution in [0.4, 0.5) is 0 Å². The van der Waals surface area contributed by atoms with Crippen LogP contribution in [0.1, 0.15) is 30.9 Å². The molecular weight excluding hydrogens is 178 g/mol. The Balaban J connectivity index is 3.09. The molecule has 0 radical (unpaired) electrons. The number of aryl methyl sites for hydroxylation is 1. The Hall–Kier alpha value is -1.51. The lowest BCUT2D eigenvalue weighted by molar-refractivity contribution is 0.317. The average molecular weight is 193 g/mol. The van der Waals surface area contributed by atoms with E-state index in [2.05, 4.69) is 5.16 Å². The highest BCUT2D eigenvalue weighted by Crippen LogP contribution is 2.20. The van der Waals surface area contributed by atoms with E-state index in [0.717, 1.165) is 12.0 Å². The Bertz CT molecular complexity index is 345. The number of oxime groups is 1. The van der Waals surface area contributed by atoms with Crippen molar-refractivity contribution in [3.8, 4) is 5.75 Å². The summed E-state index contributed by atoms with van der Waals surface area (Å²) in [6.45, 7) is 3.93. The quantitative estimate of drug-likeness (QED) is 0.440. The molecule has 0 unspecified atom stereocenters. The van der Waals surface area contributed by atoms with Gasteiger partial charge in [-0.25, -0.2) is 0 Å². The first-order valence-corrected chi connectivity index (χ1v) is 4.70. The molecule has 0 aliphatic heterocycles. The van der Waals surface area contributed by atoms with Gasteiger partial charge in [0.2, 0.25) is 0 Å². The van der Waals surface area contributed by atoms with Crippen LogP contribution in [0.25, 0.3) is 0 Å². The maximum Gasteiger partial charge on any atom is 0.124 e. The first-order valence-electron chi connectivity index (χ1n) is 4.70. The molecule has 0 aliphatic rings. The van der Waals surface area contributed by atoms with Crippen LogP contribution in [0.2, 0.25) is 0 Å². The smallest absolute Gasteiger partial charge is 0.124 e. The van der Waals surface area contributed by atoms with Crippen LogP contribution in [0.5, 0.6) is 5.75 Å². The molecule has 0 saturated heterocycles. The van der Waals surface area contributed by atoms with Crippen molar-refractivity contribution in [3.05, 3.63) is 29.3 Å². The van der Waals surface area contributed by atoms with Gasteiger partial charge in [0.1, 0.15) is 5.75 Å². The number of nitrogens with zero attached hydrogens (tertiary/aromatic N) is 1. The normalized spacial score (nSPS) is 11.7. The molecule has 0 amide bonds. The molecule has 0 atom stereocenters. The molecule has 2 N–H and O–H groups in total. The molecule has 0 fully saturated rings. The monoisotopic (exact) mass is 193 g/mol. The maximum atomic E-state index is 9.57. The lowest BCUT2D eigenvalue weighted by Crippen LogP contribution is -2.01. The van der Waals surface area contributed by atoms with Crippen molar-refractivity contribution in [2.75, 3.05) is 0 Å². The van der Waals surface area contributed by atoms with Crippen molar-refractivity contribution in [2.24, 2.45) is 5.16 Å². The number of rotatable bonds is 3. The van der Waals surface area contributed by atoms with Crippen LogP contribution in [-0.4, -0.2) is 16.0 Å². The topological polar surface area (TPSA) is 52.8 Å². The summed E-state index contributed by atoms with van der Waals surface area (Å²) in [4.78, 5) is 0. The van der Waals surface area contributed by atoms with E-state index in [-0.39, 0.29) is 5.75 Å². The second kappa shape index (κ2) is 4.65. The van der Waals surface area contributed by atoms with E-state index in [1.807, 2.05) is 26.0 Å². The van der Waals surface area contributed by atoms with E-state index in [1.54, 1.807) is 6.07 Å². The van der Waals surface area contributed by atoms with Gasteiger partial charge < -0.3 is 10.3 Å². The fourth-order valence-corrected chi connectivity index (χ4v) is 1.36. The highest BCUT2D eigenvalue weighted by molar-refractivity contribution is 6.02. The predicted molar refractivity (Wildman–Crippen MR) is 56.1 cm³/mol. The van der Waals surface area contributed by atoms with E-state index >= 15 is 0 Å². The van der Waals surface area contributed by atoms with Gasteiger partial charge in [0.15, 0.2) is 0 Å². The maximum absolute atomic E-state index is 9.57. The third-order valence-electron chi connectivity index (χ3n) is 2.07. The summed E-state index contributed by atoms with van der Waals surface area (Å²) in [7, 11) is 0. The number of phenols is 1. The summed E-state index contributed by atoms with van der Waals surface area (Å²) in [5, 5.41) is 21.6. The van der Waals surface area contributed by atoms with Crippen molar-refractivity contribution in [1.29, 1.82) is 0 Å². The van der Waals surface area contributed by atoms with Gasteiger partial charge in [-0.2, -0.15) is 0 Å². The Morgan fingerprint density at radius 2 is 2.14 bits per heavy atom. The first-order chi connectivity index (χ1) is 6.69. The fraction of sp³-hybridized carbons (Fsp3) is 0.364. The van der Waals surface area contributed by atoms with E-state index in [0.29, 0.717) is 17.7 Å². The molecule has 3 heteroatoms. The van der Waals surface area contributed by atoms with Crippen molar-refractivity contribution in [1.82, 2.24) is 0 Å². The minimum atomic E-state index is 0.164. The minimum absolute atomic E-state index is 0.164. The zero-order valence-corrected chi connectivity index (χ0v) is 8.49. The van der Waals surface area contributed by atoms with E-state index in [9.17, 15) is 5.11 Å². The van der Waals surface area contributed by atoms with Crippen LogP contribution in [-0.2, 0) is 0 Å². The molecule has 0 aliphatic carbocycles. The highest BCUT2D eigenvalue weighted by Gasteiger charge is 2.08. The van der Waals surface area contributed by atoms with Gasteiger partial charge in [0.25, 0.3) is 0 Å². The second-order valence-electron chi connectivity index (χ2n) is 3.32. The number of aromatic hydroxyl groups is 1. The Morgan fingerprint density at radius 1 is 1.43 bits per heavy atom. The summed E-state index contributed by atoms with van der Waals surface area (Å²) < 4.78 is 0. The molecule has 1 rings (SSSR count). The van der Waals surface area contributed by atoms with E-state index in [4.69, 9.17) is 5.21 Å². The summed E-state index contributed by atoms with van der Waals surface area (Å²) in [5.41, 5.74) is 2.19. The van der Waals surface area contributed by atoms with Crippen LogP contribution < -0.4 is 0 Å². The molecule has 76 valence electrons. The van der Waals surface area contributed by atoms with Crippen molar-refractivity contribution in [3.63, 3.8) is 0 Å². The molecule has 14 heavy (non-hydrogen) atoms. The minimum Gasteiger partial charge on any atom is -0.507 e. The second-order valence-corrected chi connectivity index (χ2v) is 3.32. The van der Waals surface area contributed by atoms with Crippen LogP contribution in [0.3, 0.4) is 0 Å². The van der Waals surface area contributed by atoms with Crippen molar-refractivity contribution in [2.45, 2.75) is 26.7 Å². The van der Waals surface area contributed by atoms with Gasteiger partial charge in [-0.1, -0.05) is 30.1 Å². The Labute approximate surface area is 83.7 Å². The summed E-state index contributed by atoms with van der Waals surface area (Å²) in [5.74, 6) is 0.164. The summed E-state index contributed by atoms with van der Waals surface area (Å²) in [6, 6.07) is 5.26. The van der Waals surface area contributed by atoms with Gasteiger partial charge in [-0.05, 0) is 25.5 Å². The van der Waals surface area contributed by atoms with Crippen molar-refractivity contribution < 1.29 is 10.3 Å². The molecule has 1 aromatic rings. The summed E-state index contributed by atoms with van der Waals surface area (Å²) in [6.07, 6.45) is 1.54. The number of benzene rings is 1. The third kappa shape index (κ3) is 2.25. The largest absolute Gasteiger partial charge is 0.507 e. The number of phenolic OH excluding ortho intramolecular Hbond substituents is 1. The molecule has 0 bridgehead atoms. The number of hydrogen-bond donors (Lipinski definition) is 2. The van der Waals surface area contributed by atoms with Crippen LogP contribution in [0, 0.1) is 6.92 Å². The van der Waals surface area contributed by atoms with Gasteiger partial charge in [-0.3, -0.25) is 0 Å². The molecule has 0 aromatic heterocycles. The van der Waals surface area contributed by atoms with Gasteiger partial charge in [0, 0.05) is 5.56 Å². The zero-order chi connectivity index (χ0) is 10.6. The van der Waals surface area contributed by atoms with Gasteiger partial charge in [-0.15, -0.1) is 0 Å². The molecule has 3 nitrogen and oxygen atoms in total. The lowest BCUT2D eigenvalue weighted by atomic mass is 10.0. The SMILES string of the molecule is CCC/C(=N/O)c1cc(C)ccc1O. The molecule has 0 spiro atoms.